The summed E-state index contributed by atoms with van der Waals surface area (Å²) in [5.41, 5.74) is 4.10. The van der Waals surface area contributed by atoms with Crippen molar-refractivity contribution in [2.24, 2.45) is 0 Å². The first-order valence-electron chi connectivity index (χ1n) is 7.31. The topological polar surface area (TPSA) is 32.3 Å². The molecule has 2 aliphatic rings. The van der Waals surface area contributed by atoms with Gasteiger partial charge in [0.1, 0.15) is 0 Å². The highest BCUT2D eigenvalue weighted by Gasteiger charge is 2.23. The van der Waals surface area contributed by atoms with Crippen LogP contribution in [0.25, 0.3) is 0 Å². The summed E-state index contributed by atoms with van der Waals surface area (Å²) in [5.74, 6) is 0.242. The number of nitrogens with zero attached hydrogens (tertiary/aromatic N) is 1. The molecule has 0 aromatic heterocycles. The molecular formula is C16H23ClN2O. The van der Waals surface area contributed by atoms with Crippen LogP contribution in [0.2, 0.25) is 0 Å². The molecule has 0 spiro atoms. The molecule has 20 heavy (non-hydrogen) atoms. The number of amides is 1. The summed E-state index contributed by atoms with van der Waals surface area (Å²) in [4.78, 5) is 14.2. The summed E-state index contributed by atoms with van der Waals surface area (Å²) in [6, 6.07) is 6.95. The molecule has 1 aromatic carbocycles. The van der Waals surface area contributed by atoms with Crippen LogP contribution in [-0.4, -0.2) is 37.0 Å². The number of fused-ring (bicyclic) bond motifs is 1. The van der Waals surface area contributed by atoms with Crippen molar-refractivity contribution in [1.29, 1.82) is 0 Å². The number of aryl methyl sites for hydroxylation is 2. The second kappa shape index (κ2) is 6.59. The van der Waals surface area contributed by atoms with Crippen molar-refractivity contribution >= 4 is 18.3 Å². The monoisotopic (exact) mass is 294 g/mol. The van der Waals surface area contributed by atoms with Crippen LogP contribution < -0.4 is 5.32 Å². The standard InChI is InChI=1S/C16H22N2O.ClH/c1-18(15-7-8-17-11-15)16(19)10-12-5-6-13-3-2-4-14(13)9-12;/h5-6,9,15,17H,2-4,7-8,10-11H2,1H3;1H. The molecule has 3 rings (SSSR count). The number of rotatable bonds is 3. The van der Waals surface area contributed by atoms with E-state index in [0.717, 1.165) is 19.5 Å². The highest BCUT2D eigenvalue weighted by molar-refractivity contribution is 5.85. The minimum absolute atomic E-state index is 0. The first-order chi connectivity index (χ1) is 9.24. The van der Waals surface area contributed by atoms with Gasteiger partial charge < -0.3 is 10.2 Å². The average molecular weight is 295 g/mol. The molecule has 1 aliphatic carbocycles. The summed E-state index contributed by atoms with van der Waals surface area (Å²) in [6.45, 7) is 1.97. The van der Waals surface area contributed by atoms with E-state index in [9.17, 15) is 4.79 Å². The number of halogens is 1. The van der Waals surface area contributed by atoms with Crippen LogP contribution in [-0.2, 0) is 24.1 Å². The molecule has 1 fully saturated rings. The van der Waals surface area contributed by atoms with Gasteiger partial charge in [0.25, 0.3) is 0 Å². The Morgan fingerprint density at radius 1 is 1.35 bits per heavy atom. The van der Waals surface area contributed by atoms with Gasteiger partial charge in [0, 0.05) is 19.6 Å². The van der Waals surface area contributed by atoms with Gasteiger partial charge in [-0.2, -0.15) is 0 Å². The number of benzene rings is 1. The van der Waals surface area contributed by atoms with Crippen LogP contribution in [0.4, 0.5) is 0 Å². The lowest BCUT2D eigenvalue weighted by Crippen LogP contribution is -2.39. The zero-order valence-electron chi connectivity index (χ0n) is 12.0. The third-order valence-electron chi connectivity index (χ3n) is 4.49. The number of hydrogen-bond acceptors (Lipinski definition) is 2. The lowest BCUT2D eigenvalue weighted by atomic mass is 10.0. The summed E-state index contributed by atoms with van der Waals surface area (Å²) < 4.78 is 0. The molecule has 0 radical (unpaired) electrons. The number of carbonyl (C=O) groups excluding carboxylic acids is 1. The molecule has 1 heterocycles. The smallest absolute Gasteiger partial charge is 0.227 e. The molecule has 1 amide bonds. The predicted molar refractivity (Wildman–Crippen MR) is 83.5 cm³/mol. The molecule has 1 saturated heterocycles. The Labute approximate surface area is 127 Å². The van der Waals surface area contributed by atoms with Gasteiger partial charge in [-0.05, 0) is 48.9 Å². The second-order valence-electron chi connectivity index (χ2n) is 5.78. The Kier molecular flexibility index (Phi) is 5.06. The highest BCUT2D eigenvalue weighted by Crippen LogP contribution is 2.23. The lowest BCUT2D eigenvalue weighted by Gasteiger charge is -2.24. The lowest BCUT2D eigenvalue weighted by molar-refractivity contribution is -0.130. The van der Waals surface area contributed by atoms with Gasteiger partial charge in [-0.15, -0.1) is 12.4 Å². The maximum Gasteiger partial charge on any atom is 0.227 e. The molecule has 1 aliphatic heterocycles. The van der Waals surface area contributed by atoms with Crippen molar-refractivity contribution < 1.29 is 4.79 Å². The molecule has 110 valence electrons. The summed E-state index contributed by atoms with van der Waals surface area (Å²) >= 11 is 0. The van der Waals surface area contributed by atoms with E-state index in [4.69, 9.17) is 0 Å². The molecule has 1 aromatic rings. The van der Waals surface area contributed by atoms with E-state index in [-0.39, 0.29) is 18.3 Å². The van der Waals surface area contributed by atoms with Crippen LogP contribution in [0, 0.1) is 0 Å². The molecule has 3 nitrogen and oxygen atoms in total. The van der Waals surface area contributed by atoms with E-state index in [1.54, 1.807) is 0 Å². The summed E-state index contributed by atoms with van der Waals surface area (Å²) in [5, 5.41) is 3.31. The maximum absolute atomic E-state index is 12.3. The molecular weight excluding hydrogens is 272 g/mol. The molecule has 0 bridgehead atoms. The maximum atomic E-state index is 12.3. The molecule has 1 atom stereocenters. The quantitative estimate of drug-likeness (QED) is 0.924. The largest absolute Gasteiger partial charge is 0.341 e. The van der Waals surface area contributed by atoms with E-state index >= 15 is 0 Å². The summed E-state index contributed by atoms with van der Waals surface area (Å²) in [7, 11) is 1.94. The molecule has 1 N–H and O–H groups in total. The van der Waals surface area contributed by atoms with Gasteiger partial charge in [0.15, 0.2) is 0 Å². The van der Waals surface area contributed by atoms with E-state index in [2.05, 4.69) is 23.5 Å². The van der Waals surface area contributed by atoms with Crippen LogP contribution >= 0.6 is 12.4 Å². The SMILES string of the molecule is CN(C(=O)Cc1ccc2c(c1)CCC2)C1CCNC1.Cl. The first-order valence-corrected chi connectivity index (χ1v) is 7.31. The first kappa shape index (κ1) is 15.3. The van der Waals surface area contributed by atoms with Crippen LogP contribution in [0.5, 0.6) is 0 Å². The number of nitrogens with one attached hydrogen (secondary N) is 1. The van der Waals surface area contributed by atoms with Crippen LogP contribution in [0.3, 0.4) is 0 Å². The second-order valence-corrected chi connectivity index (χ2v) is 5.78. The normalized spacial score (nSPS) is 20.4. The van der Waals surface area contributed by atoms with E-state index in [1.807, 2.05) is 11.9 Å². The Balaban J connectivity index is 0.00000147. The van der Waals surface area contributed by atoms with E-state index in [0.29, 0.717) is 12.5 Å². The fourth-order valence-electron chi connectivity index (χ4n) is 3.21. The number of hydrogen-bond donors (Lipinski definition) is 1. The predicted octanol–water partition coefficient (Wildman–Crippen LogP) is 1.96. The van der Waals surface area contributed by atoms with E-state index < -0.39 is 0 Å². The highest BCUT2D eigenvalue weighted by atomic mass is 35.5. The van der Waals surface area contributed by atoms with Gasteiger partial charge in [-0.25, -0.2) is 0 Å². The van der Waals surface area contributed by atoms with E-state index in [1.165, 1.54) is 36.0 Å². The third-order valence-corrected chi connectivity index (χ3v) is 4.49. The zero-order chi connectivity index (χ0) is 13.2. The Hall–Kier alpha value is -1.06. The number of carbonyl (C=O) groups is 1. The Morgan fingerprint density at radius 2 is 2.15 bits per heavy atom. The van der Waals surface area contributed by atoms with Gasteiger partial charge in [-0.1, -0.05) is 18.2 Å². The van der Waals surface area contributed by atoms with Crippen LogP contribution in [0.15, 0.2) is 18.2 Å². The van der Waals surface area contributed by atoms with Crippen molar-refractivity contribution in [3.8, 4) is 0 Å². The average Bonchev–Trinajstić information content (AvgIpc) is 3.08. The van der Waals surface area contributed by atoms with Crippen molar-refractivity contribution in [2.75, 3.05) is 20.1 Å². The van der Waals surface area contributed by atoms with Crippen molar-refractivity contribution in [3.63, 3.8) is 0 Å². The van der Waals surface area contributed by atoms with Gasteiger partial charge >= 0.3 is 0 Å². The third kappa shape index (κ3) is 3.15. The molecule has 1 unspecified atom stereocenters. The minimum Gasteiger partial charge on any atom is -0.341 e. The molecule has 4 heteroatoms. The van der Waals surface area contributed by atoms with Gasteiger partial charge in [0.05, 0.1) is 6.42 Å². The molecule has 0 saturated carbocycles. The van der Waals surface area contributed by atoms with Crippen molar-refractivity contribution in [3.05, 3.63) is 34.9 Å². The Bertz CT molecular complexity index is 483. The van der Waals surface area contributed by atoms with Gasteiger partial charge in [0.2, 0.25) is 5.91 Å². The zero-order valence-corrected chi connectivity index (χ0v) is 12.8. The number of likely N-dealkylation sites (N-methyl/N-ethyl adjacent to an activating group) is 1. The summed E-state index contributed by atoms with van der Waals surface area (Å²) in [6.07, 6.45) is 5.27. The van der Waals surface area contributed by atoms with Gasteiger partial charge in [-0.3, -0.25) is 4.79 Å². The fourth-order valence-corrected chi connectivity index (χ4v) is 3.21. The fraction of sp³-hybridized carbons (Fsp3) is 0.562. The van der Waals surface area contributed by atoms with Crippen molar-refractivity contribution in [2.45, 2.75) is 38.1 Å². The van der Waals surface area contributed by atoms with Crippen molar-refractivity contribution in [1.82, 2.24) is 10.2 Å². The van der Waals surface area contributed by atoms with Crippen LogP contribution in [0.1, 0.15) is 29.5 Å². The Morgan fingerprint density at radius 3 is 2.90 bits per heavy atom. The minimum atomic E-state index is 0.